The quantitative estimate of drug-likeness (QED) is 0.0196. The number of rotatable bonds is 35. The van der Waals surface area contributed by atoms with Crippen molar-refractivity contribution in [1.29, 1.82) is 0 Å². The third-order valence-corrected chi connectivity index (χ3v) is 18.6. The summed E-state index contributed by atoms with van der Waals surface area (Å²) in [4.78, 5) is 1.83. The van der Waals surface area contributed by atoms with Crippen molar-refractivity contribution in [1.82, 2.24) is 34.3 Å². The fourth-order valence-corrected chi connectivity index (χ4v) is 12.1. The topological polar surface area (TPSA) is 229 Å². The van der Waals surface area contributed by atoms with Crippen molar-refractivity contribution in [2.45, 2.75) is 304 Å². The van der Waals surface area contributed by atoms with Crippen molar-refractivity contribution in [3.05, 3.63) is 208 Å². The number of ether oxygens (including phenoxy) is 7. The SMILES string of the molecule is [2H]c1c([2H])c([C@@H](CN(C)C)C2(O)CCCCC2)c([2H])c([2H])c1OC([2H])([2H])[2H].[2H]c1c([2H])c([C@@]([2H])(C([2H])([2H])N(C([2H])([2H])[2H])C([2H])([2H])[2H])C2(O)C([2H])([2H])C([2H])([2H])C([2H])([2H])C([2H])([2H])C2([2H])[2H])c([2H])c([2H])c1OC.[2H]c1c([2H])c([C@@]([2H])(C([2H])([2H])N(C)C([2H])([2H])[2H])C2(O)C([2H])([2H])C([2H])([2H])C([2H])([2H])C([2H])([2H])C2([2H])[2H])c([2H])c([2H])c1OC.[2H]c1c([2H])c([C@@]([2H])(C([2H])([2H])N(C)C)C2(O)C([2H])([2H])C([2H])([2H])C([2H])([2H])C([2H])([2H])C2([2H])[2H])c([2H])c([2H])c1OC.[2H]c1c([2H])c([C@@]([2H])(CN(C([2H])([2H])[2H])C([2H])([2H])[2H])C2(O)C([2H])([2H])C([2H])([2H])C([2H])([2H])C([2H])([2H])C2([2H])[2H])c([2H])c([2H])c1OC.[2H]c1c([2H])c([C@@]([2H])(CN(C)C([2H])([2H])[2H])C2(O)C([2H])([2H])C([2H])([2H])C([2H])([2H])C([2H])([2H])C2([2H])[2H])c([2H])c([2H])c1OC.[2H]c1c([2H])c([C@@]([2H])(CN(C)C)C2(O)C([2H])([2H])C([2H])([2H])C([2H])([2H])C([2H])([2H])C2([2H])[2H])c([2H])c([2H])c1OC. The molecule has 21 nitrogen and oxygen atoms in total. The zero-order chi connectivity index (χ0) is 209. The van der Waals surface area contributed by atoms with Crippen molar-refractivity contribution < 1.29 is 235 Å². The molecule has 0 saturated heterocycles. The highest BCUT2D eigenvalue weighted by Crippen LogP contribution is 2.49. The molecular formula is C119H189N7O14. The maximum Gasteiger partial charge on any atom is 0.118 e. The molecule has 7 aliphatic rings. The molecule has 7 atom stereocenters. The molecule has 0 amide bonds. The Labute approximate surface area is 1020 Å². The van der Waals surface area contributed by atoms with Gasteiger partial charge in [-0.25, -0.2) is 0 Å². The lowest BCUT2D eigenvalue weighted by Crippen LogP contribution is -2.42. The number of hydrogen-bond donors (Lipinski definition) is 7. The van der Waals surface area contributed by atoms with Crippen LogP contribution in [-0.2, 0) is 0 Å². The summed E-state index contributed by atoms with van der Waals surface area (Å²) in [7, 11) is 12.2. The summed E-state index contributed by atoms with van der Waals surface area (Å²) in [6, 6.07) is -30.6. The van der Waals surface area contributed by atoms with Gasteiger partial charge in [0.1, 0.15) is 40.2 Å². The Morgan fingerprint density at radius 2 is 0.457 bits per heavy atom. The molecule has 14 rings (SSSR count). The second-order valence-electron chi connectivity index (χ2n) is 29.7. The van der Waals surface area contributed by atoms with E-state index in [1.807, 2.05) is 19.0 Å². The fourth-order valence-electron chi connectivity index (χ4n) is 12.1. The molecular weight excluding hydrogens is 1750 g/mol. The third-order valence-electron chi connectivity index (χ3n) is 18.6. The van der Waals surface area contributed by atoms with Gasteiger partial charge in [-0.15, -0.1) is 0 Å². The minimum Gasteiger partial charge on any atom is -0.497 e. The van der Waals surface area contributed by atoms with Crippen LogP contribution in [0.25, 0.3) is 0 Å². The Kier molecular flexibility index (Phi) is 14.2. The van der Waals surface area contributed by atoms with Crippen molar-refractivity contribution in [2.24, 2.45) is 0 Å². The highest BCUT2D eigenvalue weighted by atomic mass is 16.5. The normalized spacial score (nSPS) is 45.6. The van der Waals surface area contributed by atoms with Gasteiger partial charge in [0.25, 0.3) is 0 Å². The van der Waals surface area contributed by atoms with Gasteiger partial charge >= 0.3 is 0 Å². The summed E-state index contributed by atoms with van der Waals surface area (Å²) in [5.74, 6) is -30.2. The van der Waals surface area contributed by atoms with Crippen LogP contribution in [-0.4, -0.2) is 303 Å². The highest BCUT2D eigenvalue weighted by Gasteiger charge is 2.46. The van der Waals surface area contributed by atoms with E-state index in [-0.39, 0.29) is 22.5 Å². The Hall–Kier alpha value is -7.42. The molecule has 0 spiro atoms. The first-order valence-corrected chi connectivity index (χ1v) is 40.5. The van der Waals surface area contributed by atoms with Crippen LogP contribution in [0.5, 0.6) is 40.2 Å². The maximum absolute atomic E-state index is 12.1. The molecule has 7 N–H and O–H groups in total. The van der Waals surface area contributed by atoms with Gasteiger partial charge in [0.05, 0.1) is 131 Å². The van der Waals surface area contributed by atoms with E-state index in [9.17, 15) is 44.0 Å². The van der Waals surface area contributed by atoms with Gasteiger partial charge in [-0.3, -0.25) is 0 Å². The van der Waals surface area contributed by atoms with Crippen LogP contribution in [0.4, 0.5) is 0 Å². The van der Waals surface area contributed by atoms with E-state index in [1.54, 1.807) is 0 Å². The molecule has 0 radical (unpaired) electrons. The number of benzene rings is 7. The number of nitrogens with zero attached hydrogens (tertiary/aromatic N) is 7. The Morgan fingerprint density at radius 1 is 0.250 bits per heavy atom. The Morgan fingerprint density at radius 3 is 0.686 bits per heavy atom. The van der Waals surface area contributed by atoms with Gasteiger partial charge in [0.15, 0.2) is 0 Å². The predicted octanol–water partition coefficient (Wildman–Crippen LogP) is 21.2. The largest absolute Gasteiger partial charge is 0.497 e. The number of likely N-dealkylation sites (N-methyl/N-ethyl adjacent to an activating group) is 7. The van der Waals surface area contributed by atoms with E-state index in [0.717, 1.165) is 88.0 Å². The zero-order valence-electron chi connectivity index (χ0n) is 199. The highest BCUT2D eigenvalue weighted by molar-refractivity contribution is 5.38. The van der Waals surface area contributed by atoms with E-state index in [2.05, 4.69) is 0 Å². The third kappa shape index (κ3) is 36.7. The van der Waals surface area contributed by atoms with Gasteiger partial charge in [-0.1, -0.05) is 219 Å². The molecule has 140 heavy (non-hydrogen) atoms. The van der Waals surface area contributed by atoms with Crippen LogP contribution in [0.3, 0.4) is 0 Å². The van der Waals surface area contributed by atoms with Crippen LogP contribution in [0.15, 0.2) is 169 Å². The van der Waals surface area contributed by atoms with Gasteiger partial charge < -0.3 is 103 Å². The summed E-state index contributed by atoms with van der Waals surface area (Å²) in [6.45, 7) is -39.4. The van der Waals surface area contributed by atoms with Crippen LogP contribution in [0.1, 0.15) is 469 Å². The minimum atomic E-state index is -5.11. The lowest BCUT2D eigenvalue weighted by molar-refractivity contribution is -0.0280. The number of aliphatic hydroxyl groups is 7. The summed E-state index contributed by atoms with van der Waals surface area (Å²) >= 11 is 0. The molecule has 0 heterocycles. The van der Waals surface area contributed by atoms with Gasteiger partial charge in [0, 0.05) is 210 Å². The number of methoxy groups -OCH3 is 7. The smallest absolute Gasteiger partial charge is 0.118 e. The molecule has 7 fully saturated rings. The number of hydrogen-bond acceptors (Lipinski definition) is 21. The molecule has 0 aliphatic heterocycles. The molecule has 21 heteroatoms. The van der Waals surface area contributed by atoms with Gasteiger partial charge in [-0.05, 0) is 311 Å². The molecule has 7 aromatic rings. The lowest BCUT2D eigenvalue weighted by atomic mass is 9.72. The van der Waals surface area contributed by atoms with Crippen LogP contribution in [0.2, 0.25) is 0 Å². The van der Waals surface area contributed by atoms with Crippen molar-refractivity contribution in [2.75, 3.05) is 194 Å². The monoisotopic (exact) mass is 2060 g/mol. The molecule has 7 aliphatic carbocycles. The lowest BCUT2D eigenvalue weighted by Gasteiger charge is -2.40. The summed E-state index contributed by atoms with van der Waals surface area (Å²) in [6.07, 6.45) is -124. The minimum absolute atomic E-state index is 0.112. The maximum atomic E-state index is 12.1. The van der Waals surface area contributed by atoms with Gasteiger partial charge in [-0.2, -0.15) is 0 Å². The summed E-state index contributed by atoms with van der Waals surface area (Å²) < 4.78 is 1030. The van der Waals surface area contributed by atoms with Crippen LogP contribution >= 0.6 is 0 Å². The van der Waals surface area contributed by atoms with E-state index < -0.39 is 600 Å². The van der Waals surface area contributed by atoms with Crippen LogP contribution < -0.4 is 33.2 Å². The van der Waals surface area contributed by atoms with E-state index in [4.69, 9.17) is 191 Å². The first kappa shape index (κ1) is 33.8. The standard InChI is InChI=1S/7C17H27NO2/c7*1-18(2)13-16(17(19)11-5-4-6-12-17)14-7-9-15(20-3)10-8-14/h7*7-10,16,19H,4-6,11-13H2,1-3H3/t7*16-/m1111111/s1/i1D3,2D3,4D2,5D2,6D2,7D,8D,9D,10D,11D2,12D2,13D2,16D;1D3,4D2,5D2,6D2,7D,8D,9D,10D,11D2,12D2,13D2,16D;1D3,2D3,4D2,5D2,6D2,7D,8D,9D,10D,11D2,12D2,16D;4D2,5D2,6D2,7D,8D,9D,10D,11D2,12D2,13D2,16D;1D3,4D2,5D2,6D2,7D,8D,9D,10D,11D2,12D2,16D;4D2,5D2,6D2,7D,8D,9D,10D,11D2,12D2,16D;3D3,7D,8D,9D,10D. The first-order chi connectivity index (χ1) is 114. The second kappa shape index (κ2) is 58.7. The molecule has 0 bridgehead atoms. The Balaban J connectivity index is 0.000000358. The van der Waals surface area contributed by atoms with E-state index >= 15 is 0 Å². The molecule has 7 saturated carbocycles. The Bertz CT molecular complexity index is 10500. The predicted molar refractivity (Wildman–Crippen MR) is 576 cm³/mol. The van der Waals surface area contributed by atoms with E-state index in [1.165, 1.54) is 14.1 Å². The average molecular weight is 2060 g/mol. The first-order valence-electron chi connectivity index (χ1n) is 101. The molecule has 7 aromatic carbocycles. The molecule has 784 valence electrons. The zero-order valence-corrected chi connectivity index (χ0v) is 77.6. The summed E-state index contributed by atoms with van der Waals surface area (Å²) in [5.41, 5.74) is -37.5. The fraction of sp³-hybridized carbons (Fsp3) is 0.647. The van der Waals surface area contributed by atoms with Crippen molar-refractivity contribution >= 4 is 0 Å². The molecule has 0 aromatic heterocycles. The average Bonchev–Trinajstić information content (AvgIpc) is 0.626. The van der Waals surface area contributed by atoms with Crippen molar-refractivity contribution in [3.63, 3.8) is 0 Å². The molecule has 0 unspecified atom stereocenters. The van der Waals surface area contributed by atoms with E-state index in [0.29, 0.717) is 36.2 Å². The van der Waals surface area contributed by atoms with Gasteiger partial charge in [0.2, 0.25) is 0 Å². The van der Waals surface area contributed by atoms with Crippen LogP contribution in [0, 0.1) is 0 Å². The summed E-state index contributed by atoms with van der Waals surface area (Å²) in [5, 5.41) is 83.3. The van der Waals surface area contributed by atoms with Crippen molar-refractivity contribution in [3.8, 4) is 40.2 Å². The second-order valence-corrected chi connectivity index (χ2v) is 29.7.